The Bertz CT molecular complexity index is 1200. The first-order valence-corrected chi connectivity index (χ1v) is 9.37. The Hall–Kier alpha value is -3.59. The molecule has 31 heavy (non-hydrogen) atoms. The highest BCUT2D eigenvalue weighted by Gasteiger charge is 2.30. The van der Waals surface area contributed by atoms with Crippen molar-refractivity contribution in [1.29, 1.82) is 0 Å². The van der Waals surface area contributed by atoms with Crippen LogP contribution in [0.1, 0.15) is 15.9 Å². The SMILES string of the molecule is COCCNC(=O)c1cc2ccc(-c3ccc(C(F)(F)F)cc3)cn2c1-c1cocn1. The maximum absolute atomic E-state index is 12.9. The standard InChI is InChI=1S/C22H18F3N3O3/c1-30-9-8-26-21(29)18-10-17-7-4-15(11-28(17)20(18)19-12-31-13-27-19)14-2-5-16(6-3-14)22(23,24)25/h2-7,10-13H,8-9H2,1H3,(H,26,29). The largest absolute Gasteiger partial charge is 0.451 e. The number of benzene rings is 1. The lowest BCUT2D eigenvalue weighted by Gasteiger charge is -2.09. The molecule has 3 aromatic heterocycles. The molecule has 1 N–H and O–H groups in total. The van der Waals surface area contributed by atoms with Gasteiger partial charge in [-0.2, -0.15) is 13.2 Å². The van der Waals surface area contributed by atoms with E-state index < -0.39 is 11.7 Å². The second-order valence-electron chi connectivity index (χ2n) is 6.82. The Morgan fingerprint density at radius 1 is 1.16 bits per heavy atom. The third-order valence-electron chi connectivity index (χ3n) is 4.83. The predicted molar refractivity (Wildman–Crippen MR) is 108 cm³/mol. The number of rotatable bonds is 6. The van der Waals surface area contributed by atoms with Gasteiger partial charge in [0.15, 0.2) is 6.39 Å². The number of halogens is 3. The van der Waals surface area contributed by atoms with Crippen molar-refractivity contribution in [2.75, 3.05) is 20.3 Å². The van der Waals surface area contributed by atoms with E-state index in [1.165, 1.54) is 24.8 Å². The van der Waals surface area contributed by atoms with Gasteiger partial charge in [-0.3, -0.25) is 4.79 Å². The maximum Gasteiger partial charge on any atom is 0.416 e. The first-order chi connectivity index (χ1) is 14.9. The first kappa shape index (κ1) is 20.7. The van der Waals surface area contributed by atoms with Crippen LogP contribution in [0.4, 0.5) is 13.2 Å². The summed E-state index contributed by atoms with van der Waals surface area (Å²) in [5.41, 5.74) is 2.69. The number of aromatic nitrogens is 2. The van der Waals surface area contributed by atoms with Gasteiger partial charge < -0.3 is 18.9 Å². The lowest BCUT2D eigenvalue weighted by molar-refractivity contribution is -0.137. The topological polar surface area (TPSA) is 68.8 Å². The third-order valence-corrected chi connectivity index (χ3v) is 4.83. The fourth-order valence-corrected chi connectivity index (χ4v) is 3.32. The van der Waals surface area contributed by atoms with Crippen LogP contribution in [0.3, 0.4) is 0 Å². The van der Waals surface area contributed by atoms with E-state index in [-0.39, 0.29) is 5.91 Å². The van der Waals surface area contributed by atoms with Gasteiger partial charge in [-0.05, 0) is 35.4 Å². The van der Waals surface area contributed by atoms with Crippen molar-refractivity contribution in [2.24, 2.45) is 0 Å². The number of ether oxygens (including phenoxy) is 1. The number of fused-ring (bicyclic) bond motifs is 1. The Morgan fingerprint density at radius 2 is 1.90 bits per heavy atom. The van der Waals surface area contributed by atoms with Gasteiger partial charge in [-0.1, -0.05) is 18.2 Å². The molecule has 6 nitrogen and oxygen atoms in total. The van der Waals surface area contributed by atoms with Crippen LogP contribution < -0.4 is 5.32 Å². The molecule has 0 spiro atoms. The van der Waals surface area contributed by atoms with Gasteiger partial charge in [0.25, 0.3) is 5.91 Å². The first-order valence-electron chi connectivity index (χ1n) is 9.37. The van der Waals surface area contributed by atoms with Crippen LogP contribution in [0.5, 0.6) is 0 Å². The van der Waals surface area contributed by atoms with E-state index >= 15 is 0 Å². The van der Waals surface area contributed by atoms with Crippen molar-refractivity contribution in [3.8, 4) is 22.5 Å². The minimum atomic E-state index is -4.39. The van der Waals surface area contributed by atoms with Crippen molar-refractivity contribution >= 4 is 11.4 Å². The Labute approximate surface area is 175 Å². The van der Waals surface area contributed by atoms with Crippen molar-refractivity contribution < 1.29 is 27.1 Å². The molecule has 0 saturated heterocycles. The van der Waals surface area contributed by atoms with Crippen molar-refractivity contribution in [1.82, 2.24) is 14.7 Å². The maximum atomic E-state index is 12.9. The molecule has 0 aliphatic heterocycles. The molecule has 4 rings (SSSR count). The number of oxazole rings is 1. The van der Waals surface area contributed by atoms with Gasteiger partial charge >= 0.3 is 6.18 Å². The van der Waals surface area contributed by atoms with E-state index in [1.807, 2.05) is 0 Å². The van der Waals surface area contributed by atoms with Crippen LogP contribution in [0, 0.1) is 0 Å². The number of carbonyl (C=O) groups excluding carboxylic acids is 1. The fourth-order valence-electron chi connectivity index (χ4n) is 3.32. The number of carbonyl (C=O) groups is 1. The van der Waals surface area contributed by atoms with Crippen molar-refractivity contribution in [3.63, 3.8) is 0 Å². The summed E-state index contributed by atoms with van der Waals surface area (Å²) in [5, 5.41) is 2.79. The average molecular weight is 429 g/mol. The van der Waals surface area contributed by atoms with E-state index in [0.29, 0.717) is 41.2 Å². The lowest BCUT2D eigenvalue weighted by Crippen LogP contribution is -2.27. The van der Waals surface area contributed by atoms with E-state index in [4.69, 9.17) is 9.15 Å². The van der Waals surface area contributed by atoms with Gasteiger partial charge in [-0.25, -0.2) is 4.98 Å². The van der Waals surface area contributed by atoms with Gasteiger partial charge in [0.2, 0.25) is 0 Å². The third kappa shape index (κ3) is 4.17. The van der Waals surface area contributed by atoms with Crippen LogP contribution in [-0.2, 0) is 10.9 Å². The molecule has 9 heteroatoms. The molecule has 1 aromatic carbocycles. The average Bonchev–Trinajstić information content (AvgIpc) is 3.40. The summed E-state index contributed by atoms with van der Waals surface area (Å²) < 4.78 is 50.4. The number of alkyl halides is 3. The second-order valence-corrected chi connectivity index (χ2v) is 6.82. The van der Waals surface area contributed by atoms with E-state index in [1.54, 1.807) is 35.9 Å². The molecule has 0 aliphatic carbocycles. The molecule has 0 unspecified atom stereocenters. The highest BCUT2D eigenvalue weighted by atomic mass is 19.4. The smallest absolute Gasteiger partial charge is 0.416 e. The van der Waals surface area contributed by atoms with Crippen LogP contribution in [0.15, 0.2) is 65.7 Å². The number of pyridine rings is 1. The van der Waals surface area contributed by atoms with Gasteiger partial charge in [0, 0.05) is 25.4 Å². The van der Waals surface area contributed by atoms with Crippen molar-refractivity contribution in [3.05, 3.63) is 72.4 Å². The predicted octanol–water partition coefficient (Wildman–Crippen LogP) is 4.66. The molecule has 0 saturated carbocycles. The summed E-state index contributed by atoms with van der Waals surface area (Å²) in [7, 11) is 1.54. The number of nitrogens with one attached hydrogen (secondary N) is 1. The fraction of sp³-hybridized carbons (Fsp3) is 0.182. The Morgan fingerprint density at radius 3 is 2.55 bits per heavy atom. The summed E-state index contributed by atoms with van der Waals surface area (Å²) in [5.74, 6) is -0.296. The van der Waals surface area contributed by atoms with Crippen LogP contribution in [0.2, 0.25) is 0 Å². The Balaban J connectivity index is 1.78. The van der Waals surface area contributed by atoms with E-state index in [2.05, 4.69) is 10.3 Å². The number of amides is 1. The molecular weight excluding hydrogens is 411 g/mol. The van der Waals surface area contributed by atoms with Gasteiger partial charge in [-0.15, -0.1) is 0 Å². The van der Waals surface area contributed by atoms with E-state index in [0.717, 1.165) is 17.6 Å². The summed E-state index contributed by atoms with van der Waals surface area (Å²) in [6.07, 6.45) is 0.0571. The number of nitrogens with zero attached hydrogens (tertiary/aromatic N) is 2. The summed E-state index contributed by atoms with van der Waals surface area (Å²) in [6, 6.07) is 10.2. The normalized spacial score (nSPS) is 11.7. The molecule has 0 radical (unpaired) electrons. The van der Waals surface area contributed by atoms with Crippen LogP contribution >= 0.6 is 0 Å². The minimum Gasteiger partial charge on any atom is -0.451 e. The highest BCUT2D eigenvalue weighted by Crippen LogP contribution is 2.32. The molecule has 0 atom stereocenters. The molecule has 1 amide bonds. The number of hydrogen-bond donors (Lipinski definition) is 1. The molecule has 3 heterocycles. The van der Waals surface area contributed by atoms with Crippen LogP contribution in [-0.4, -0.2) is 35.6 Å². The zero-order valence-corrected chi connectivity index (χ0v) is 16.4. The minimum absolute atomic E-state index is 0.296. The zero-order valence-electron chi connectivity index (χ0n) is 16.4. The number of hydrogen-bond acceptors (Lipinski definition) is 4. The number of methoxy groups -OCH3 is 1. The summed E-state index contributed by atoms with van der Waals surface area (Å²) in [4.78, 5) is 16.9. The quantitative estimate of drug-likeness (QED) is 0.453. The second kappa shape index (κ2) is 8.27. The van der Waals surface area contributed by atoms with Crippen molar-refractivity contribution in [2.45, 2.75) is 6.18 Å². The molecule has 160 valence electrons. The molecule has 0 aliphatic rings. The lowest BCUT2D eigenvalue weighted by atomic mass is 10.1. The highest BCUT2D eigenvalue weighted by molar-refractivity contribution is 6.02. The molecular formula is C22H18F3N3O3. The Kier molecular flexibility index (Phi) is 5.51. The van der Waals surface area contributed by atoms with Gasteiger partial charge in [0.05, 0.1) is 23.4 Å². The molecule has 0 bridgehead atoms. The monoisotopic (exact) mass is 429 g/mol. The van der Waals surface area contributed by atoms with Gasteiger partial charge in [0.1, 0.15) is 12.0 Å². The van der Waals surface area contributed by atoms with E-state index in [9.17, 15) is 18.0 Å². The summed E-state index contributed by atoms with van der Waals surface area (Å²) >= 11 is 0. The molecule has 4 aromatic rings. The zero-order chi connectivity index (χ0) is 22.0. The van der Waals surface area contributed by atoms with Crippen LogP contribution in [0.25, 0.3) is 28.0 Å². The summed E-state index contributed by atoms with van der Waals surface area (Å²) in [6.45, 7) is 0.715. The molecule has 0 fully saturated rings.